The lowest BCUT2D eigenvalue weighted by molar-refractivity contribution is 0.391. The van der Waals surface area contributed by atoms with E-state index in [0.717, 1.165) is 11.7 Å². The second-order valence-corrected chi connectivity index (χ2v) is 5.25. The van der Waals surface area contributed by atoms with Gasteiger partial charge in [0, 0.05) is 17.6 Å². The maximum absolute atomic E-state index is 5.41. The van der Waals surface area contributed by atoms with Crippen LogP contribution in [0.2, 0.25) is 0 Å². The zero-order valence-electron chi connectivity index (χ0n) is 11.1. The zero-order valence-corrected chi connectivity index (χ0v) is 11.1. The van der Waals surface area contributed by atoms with Gasteiger partial charge in [0.2, 0.25) is 0 Å². The molecule has 1 fully saturated rings. The average molecular weight is 233 g/mol. The number of rotatable bonds is 4. The summed E-state index contributed by atoms with van der Waals surface area (Å²) >= 11 is 0. The molecule has 0 heterocycles. The molecule has 1 aromatic carbocycles. The van der Waals surface area contributed by atoms with E-state index in [1.165, 1.54) is 24.8 Å². The van der Waals surface area contributed by atoms with Crippen molar-refractivity contribution < 1.29 is 4.74 Å². The van der Waals surface area contributed by atoms with Crippen molar-refractivity contribution >= 4 is 0 Å². The molecule has 0 amide bonds. The molecular weight excluding hydrogens is 210 g/mol. The molecule has 17 heavy (non-hydrogen) atoms. The minimum Gasteiger partial charge on any atom is -0.496 e. The predicted octanol–water partition coefficient (Wildman–Crippen LogP) is 3.53. The number of nitrogens with one attached hydrogen (secondary N) is 1. The lowest BCUT2D eigenvalue weighted by atomic mass is 10.1. The summed E-state index contributed by atoms with van der Waals surface area (Å²) in [5.74, 6) is 1.86. The molecule has 1 aliphatic rings. The van der Waals surface area contributed by atoms with Crippen molar-refractivity contribution in [2.75, 3.05) is 7.11 Å². The molecule has 3 atom stereocenters. The number of ether oxygens (including phenoxy) is 1. The van der Waals surface area contributed by atoms with Gasteiger partial charge in [0.15, 0.2) is 0 Å². The number of benzene rings is 1. The summed E-state index contributed by atoms with van der Waals surface area (Å²) in [7, 11) is 1.74. The standard InChI is InChI=1S/C15H23NO/c1-11-8-9-13(10-11)16-12(2)14-6-4-5-7-15(14)17-3/h4-7,11-13,16H,8-10H2,1-3H3/t11?,12-,13?/m0/s1. The van der Waals surface area contributed by atoms with Gasteiger partial charge >= 0.3 is 0 Å². The van der Waals surface area contributed by atoms with E-state index >= 15 is 0 Å². The van der Waals surface area contributed by atoms with Gasteiger partial charge in [-0.1, -0.05) is 25.1 Å². The van der Waals surface area contributed by atoms with E-state index < -0.39 is 0 Å². The molecule has 0 saturated heterocycles. The highest BCUT2D eigenvalue weighted by Gasteiger charge is 2.23. The Balaban J connectivity index is 2.01. The van der Waals surface area contributed by atoms with Crippen molar-refractivity contribution in [3.05, 3.63) is 29.8 Å². The molecule has 0 radical (unpaired) electrons. The minimum atomic E-state index is 0.362. The maximum Gasteiger partial charge on any atom is 0.123 e. The third-order valence-electron chi connectivity index (χ3n) is 3.79. The van der Waals surface area contributed by atoms with Crippen LogP contribution in [0.4, 0.5) is 0 Å². The van der Waals surface area contributed by atoms with Crippen LogP contribution in [0.3, 0.4) is 0 Å². The normalized spacial score (nSPS) is 25.8. The fourth-order valence-electron chi connectivity index (χ4n) is 2.83. The lowest BCUT2D eigenvalue weighted by Crippen LogP contribution is -2.29. The van der Waals surface area contributed by atoms with Gasteiger partial charge in [-0.2, -0.15) is 0 Å². The molecule has 0 bridgehead atoms. The van der Waals surface area contributed by atoms with Gasteiger partial charge in [-0.05, 0) is 38.2 Å². The van der Waals surface area contributed by atoms with Gasteiger partial charge in [0.05, 0.1) is 7.11 Å². The van der Waals surface area contributed by atoms with Gasteiger partial charge in [-0.25, -0.2) is 0 Å². The van der Waals surface area contributed by atoms with Gasteiger partial charge in [0.25, 0.3) is 0 Å². The Morgan fingerprint density at radius 1 is 1.29 bits per heavy atom. The van der Waals surface area contributed by atoms with Crippen molar-refractivity contribution in [3.63, 3.8) is 0 Å². The molecule has 1 saturated carbocycles. The monoisotopic (exact) mass is 233 g/mol. The second-order valence-electron chi connectivity index (χ2n) is 5.25. The summed E-state index contributed by atoms with van der Waals surface area (Å²) in [5, 5.41) is 3.72. The van der Waals surface area contributed by atoms with Gasteiger partial charge in [0.1, 0.15) is 5.75 Å². The van der Waals surface area contributed by atoms with Crippen molar-refractivity contribution in [1.82, 2.24) is 5.32 Å². The number of hydrogen-bond acceptors (Lipinski definition) is 2. The second kappa shape index (κ2) is 5.54. The third-order valence-corrected chi connectivity index (χ3v) is 3.79. The molecule has 94 valence electrons. The Morgan fingerprint density at radius 2 is 2.06 bits per heavy atom. The SMILES string of the molecule is COc1ccccc1[C@H](C)NC1CCC(C)C1. The van der Waals surface area contributed by atoms with Crippen molar-refractivity contribution in [2.24, 2.45) is 5.92 Å². The van der Waals surface area contributed by atoms with E-state index in [-0.39, 0.29) is 0 Å². The first kappa shape index (κ1) is 12.4. The van der Waals surface area contributed by atoms with Crippen molar-refractivity contribution in [3.8, 4) is 5.75 Å². The Bertz CT molecular complexity index is 364. The van der Waals surface area contributed by atoms with Crippen molar-refractivity contribution in [1.29, 1.82) is 0 Å². The van der Waals surface area contributed by atoms with Crippen LogP contribution in [0.5, 0.6) is 5.75 Å². The third kappa shape index (κ3) is 3.01. The first-order chi connectivity index (χ1) is 8.20. The van der Waals surface area contributed by atoms with E-state index in [4.69, 9.17) is 4.74 Å². The van der Waals surface area contributed by atoms with Crippen LogP contribution in [0.15, 0.2) is 24.3 Å². The summed E-state index contributed by atoms with van der Waals surface area (Å²) in [6, 6.07) is 9.31. The Morgan fingerprint density at radius 3 is 2.71 bits per heavy atom. The van der Waals surface area contributed by atoms with Crippen LogP contribution >= 0.6 is 0 Å². The summed E-state index contributed by atoms with van der Waals surface area (Å²) in [4.78, 5) is 0. The lowest BCUT2D eigenvalue weighted by Gasteiger charge is -2.21. The Hall–Kier alpha value is -1.02. The van der Waals surface area contributed by atoms with Gasteiger partial charge in [-0.15, -0.1) is 0 Å². The van der Waals surface area contributed by atoms with E-state index in [1.54, 1.807) is 7.11 Å². The molecule has 1 aliphatic carbocycles. The van der Waals surface area contributed by atoms with Gasteiger partial charge in [-0.3, -0.25) is 0 Å². The Labute approximate surface area is 104 Å². The molecule has 0 aromatic heterocycles. The van der Waals surface area contributed by atoms with Crippen LogP contribution in [-0.2, 0) is 0 Å². The summed E-state index contributed by atoms with van der Waals surface area (Å²) in [6.07, 6.45) is 3.97. The molecule has 1 N–H and O–H groups in total. The summed E-state index contributed by atoms with van der Waals surface area (Å²) in [6.45, 7) is 4.57. The highest BCUT2D eigenvalue weighted by Crippen LogP contribution is 2.29. The fourth-order valence-corrected chi connectivity index (χ4v) is 2.83. The molecule has 1 aromatic rings. The van der Waals surface area contributed by atoms with E-state index in [9.17, 15) is 0 Å². The molecular formula is C15H23NO. The first-order valence-electron chi connectivity index (χ1n) is 6.59. The first-order valence-corrected chi connectivity index (χ1v) is 6.59. The molecule has 0 spiro atoms. The predicted molar refractivity (Wildman–Crippen MR) is 71.3 cm³/mol. The maximum atomic E-state index is 5.41. The molecule has 2 heteroatoms. The largest absolute Gasteiger partial charge is 0.496 e. The minimum absolute atomic E-state index is 0.362. The van der Waals surface area contributed by atoms with Crippen LogP contribution in [-0.4, -0.2) is 13.2 Å². The van der Waals surface area contributed by atoms with E-state index in [1.807, 2.05) is 12.1 Å². The Kier molecular flexibility index (Phi) is 4.06. The zero-order chi connectivity index (χ0) is 12.3. The van der Waals surface area contributed by atoms with Crippen LogP contribution in [0, 0.1) is 5.92 Å². The highest BCUT2D eigenvalue weighted by molar-refractivity contribution is 5.35. The molecule has 2 unspecified atom stereocenters. The quantitative estimate of drug-likeness (QED) is 0.859. The number of methoxy groups -OCH3 is 1. The van der Waals surface area contributed by atoms with Crippen LogP contribution in [0.25, 0.3) is 0 Å². The van der Waals surface area contributed by atoms with Crippen LogP contribution in [0.1, 0.15) is 44.7 Å². The topological polar surface area (TPSA) is 21.3 Å². The number of hydrogen-bond donors (Lipinski definition) is 1. The smallest absolute Gasteiger partial charge is 0.123 e. The van der Waals surface area contributed by atoms with E-state index in [2.05, 4.69) is 31.3 Å². The summed E-state index contributed by atoms with van der Waals surface area (Å²) in [5.41, 5.74) is 1.26. The van der Waals surface area contributed by atoms with Gasteiger partial charge < -0.3 is 10.1 Å². The van der Waals surface area contributed by atoms with Crippen LogP contribution < -0.4 is 10.1 Å². The molecule has 0 aliphatic heterocycles. The number of para-hydroxylation sites is 1. The van der Waals surface area contributed by atoms with E-state index in [0.29, 0.717) is 12.1 Å². The molecule has 2 rings (SSSR count). The van der Waals surface area contributed by atoms with Crippen molar-refractivity contribution in [2.45, 2.75) is 45.2 Å². The fraction of sp³-hybridized carbons (Fsp3) is 0.600. The molecule has 2 nitrogen and oxygen atoms in total. The average Bonchev–Trinajstić information content (AvgIpc) is 2.74. The highest BCUT2D eigenvalue weighted by atomic mass is 16.5. The summed E-state index contributed by atoms with van der Waals surface area (Å²) < 4.78 is 5.41.